The van der Waals surface area contributed by atoms with Gasteiger partial charge in [0.2, 0.25) is 0 Å². The molecular formula is C9H12ClNO2. The summed E-state index contributed by atoms with van der Waals surface area (Å²) in [6.07, 6.45) is 0.151. The molecule has 2 unspecified atom stereocenters. The number of rotatable bonds is 4. The highest BCUT2D eigenvalue weighted by atomic mass is 35.5. The molecule has 0 aliphatic heterocycles. The molecule has 0 radical (unpaired) electrons. The molecule has 1 rings (SSSR count). The lowest BCUT2D eigenvalue weighted by atomic mass is 10.1. The number of alkyl halides is 1. The third kappa shape index (κ3) is 2.95. The van der Waals surface area contributed by atoms with E-state index in [2.05, 4.69) is 4.98 Å². The molecule has 1 aromatic rings. The third-order valence-electron chi connectivity index (χ3n) is 1.76. The van der Waals surface area contributed by atoms with E-state index >= 15 is 0 Å². The van der Waals surface area contributed by atoms with Crippen molar-refractivity contribution in [2.24, 2.45) is 0 Å². The van der Waals surface area contributed by atoms with Gasteiger partial charge < -0.3 is 10.2 Å². The van der Waals surface area contributed by atoms with Gasteiger partial charge in [0.1, 0.15) is 6.10 Å². The van der Waals surface area contributed by atoms with E-state index in [1.807, 2.05) is 0 Å². The van der Waals surface area contributed by atoms with Crippen molar-refractivity contribution >= 4 is 11.6 Å². The van der Waals surface area contributed by atoms with Crippen molar-refractivity contribution in [2.45, 2.75) is 18.6 Å². The topological polar surface area (TPSA) is 53.4 Å². The monoisotopic (exact) mass is 201 g/mol. The van der Waals surface area contributed by atoms with Gasteiger partial charge in [-0.05, 0) is 18.6 Å². The zero-order valence-corrected chi connectivity index (χ0v) is 7.85. The van der Waals surface area contributed by atoms with Gasteiger partial charge in [0.05, 0.1) is 11.8 Å². The average Bonchev–Trinajstić information content (AvgIpc) is 2.18. The molecule has 0 amide bonds. The van der Waals surface area contributed by atoms with Crippen molar-refractivity contribution in [3.05, 3.63) is 30.1 Å². The molecular weight excluding hydrogens is 190 g/mol. The minimum atomic E-state index is -0.944. The van der Waals surface area contributed by atoms with Crippen LogP contribution in [0.1, 0.15) is 18.2 Å². The average molecular weight is 202 g/mol. The van der Waals surface area contributed by atoms with Crippen molar-refractivity contribution in [3.8, 4) is 0 Å². The smallest absolute Gasteiger partial charge is 0.122 e. The molecule has 0 fully saturated rings. The Morgan fingerprint density at radius 1 is 1.38 bits per heavy atom. The fourth-order valence-corrected chi connectivity index (χ4v) is 1.24. The van der Waals surface area contributed by atoms with Crippen LogP contribution < -0.4 is 0 Å². The van der Waals surface area contributed by atoms with Crippen LogP contribution in [-0.2, 0) is 0 Å². The van der Waals surface area contributed by atoms with E-state index in [-0.39, 0.29) is 0 Å². The van der Waals surface area contributed by atoms with Crippen LogP contribution in [0.4, 0.5) is 0 Å². The summed E-state index contributed by atoms with van der Waals surface area (Å²) < 4.78 is 0. The summed E-state index contributed by atoms with van der Waals surface area (Å²) in [6, 6.07) is 5.19. The second-order valence-corrected chi connectivity index (χ2v) is 3.12. The van der Waals surface area contributed by atoms with Gasteiger partial charge in [-0.2, -0.15) is 0 Å². The summed E-state index contributed by atoms with van der Waals surface area (Å²) in [5, 5.41) is 18.9. The van der Waals surface area contributed by atoms with Crippen molar-refractivity contribution < 1.29 is 10.2 Å². The highest BCUT2D eigenvalue weighted by Gasteiger charge is 2.18. The molecule has 0 bridgehead atoms. The Labute approximate surface area is 82.0 Å². The van der Waals surface area contributed by atoms with E-state index in [4.69, 9.17) is 11.6 Å². The van der Waals surface area contributed by atoms with Gasteiger partial charge in [-0.1, -0.05) is 6.07 Å². The zero-order valence-electron chi connectivity index (χ0n) is 7.10. The van der Waals surface area contributed by atoms with Gasteiger partial charge in [-0.3, -0.25) is 4.98 Å². The Morgan fingerprint density at radius 3 is 2.69 bits per heavy atom. The van der Waals surface area contributed by atoms with Gasteiger partial charge in [0.25, 0.3) is 0 Å². The van der Waals surface area contributed by atoms with Crippen LogP contribution in [-0.4, -0.2) is 27.2 Å². The summed E-state index contributed by atoms with van der Waals surface area (Å²) in [5.74, 6) is 0.324. The number of pyridine rings is 1. The van der Waals surface area contributed by atoms with Crippen molar-refractivity contribution in [1.29, 1.82) is 0 Å². The number of aliphatic hydroxyl groups is 2. The van der Waals surface area contributed by atoms with Gasteiger partial charge in [-0.25, -0.2) is 0 Å². The Morgan fingerprint density at radius 2 is 2.15 bits per heavy atom. The number of aliphatic hydroxyl groups excluding tert-OH is 2. The molecule has 2 N–H and O–H groups in total. The van der Waals surface area contributed by atoms with Crippen LogP contribution in [0.2, 0.25) is 0 Å². The van der Waals surface area contributed by atoms with Gasteiger partial charge >= 0.3 is 0 Å². The molecule has 0 saturated heterocycles. The number of nitrogens with zero attached hydrogens (tertiary/aromatic N) is 1. The SMILES string of the molecule is OC(CCCl)C(O)c1ccccn1. The van der Waals surface area contributed by atoms with Crippen molar-refractivity contribution in [1.82, 2.24) is 4.98 Å². The highest BCUT2D eigenvalue weighted by molar-refractivity contribution is 6.17. The Bertz CT molecular complexity index is 243. The van der Waals surface area contributed by atoms with Crippen LogP contribution in [0.15, 0.2) is 24.4 Å². The molecule has 13 heavy (non-hydrogen) atoms. The van der Waals surface area contributed by atoms with Gasteiger partial charge in [0, 0.05) is 12.1 Å². The Kier molecular flexibility index (Phi) is 4.15. The summed E-state index contributed by atoms with van der Waals surface area (Å²) in [4.78, 5) is 3.93. The van der Waals surface area contributed by atoms with Crippen LogP contribution >= 0.6 is 11.6 Å². The fourth-order valence-electron chi connectivity index (χ4n) is 1.02. The first kappa shape index (κ1) is 10.4. The van der Waals surface area contributed by atoms with Crippen LogP contribution in [0.3, 0.4) is 0 Å². The summed E-state index contributed by atoms with van der Waals surface area (Å²) >= 11 is 5.44. The predicted octanol–water partition coefficient (Wildman–Crippen LogP) is 1.10. The molecule has 1 aromatic heterocycles. The maximum Gasteiger partial charge on any atom is 0.122 e. The van der Waals surface area contributed by atoms with E-state index < -0.39 is 12.2 Å². The van der Waals surface area contributed by atoms with Crippen LogP contribution in [0.5, 0.6) is 0 Å². The van der Waals surface area contributed by atoms with E-state index in [1.165, 1.54) is 0 Å². The van der Waals surface area contributed by atoms with Crippen molar-refractivity contribution in [2.75, 3.05) is 5.88 Å². The second kappa shape index (κ2) is 5.17. The van der Waals surface area contributed by atoms with E-state index in [1.54, 1.807) is 24.4 Å². The largest absolute Gasteiger partial charge is 0.390 e. The highest BCUT2D eigenvalue weighted by Crippen LogP contribution is 2.16. The molecule has 0 saturated carbocycles. The van der Waals surface area contributed by atoms with E-state index in [0.29, 0.717) is 18.0 Å². The number of hydrogen-bond donors (Lipinski definition) is 2. The van der Waals surface area contributed by atoms with Gasteiger partial charge in [-0.15, -0.1) is 11.6 Å². The predicted molar refractivity (Wildman–Crippen MR) is 50.5 cm³/mol. The number of halogens is 1. The normalized spacial score (nSPS) is 15.3. The molecule has 0 aromatic carbocycles. The maximum atomic E-state index is 9.55. The summed E-state index contributed by atoms with van der Waals surface area (Å²) in [6.45, 7) is 0. The molecule has 1 heterocycles. The van der Waals surface area contributed by atoms with E-state index in [0.717, 1.165) is 0 Å². The van der Waals surface area contributed by atoms with E-state index in [9.17, 15) is 10.2 Å². The molecule has 4 heteroatoms. The quantitative estimate of drug-likeness (QED) is 0.718. The first-order chi connectivity index (χ1) is 6.25. The fraction of sp³-hybridized carbons (Fsp3) is 0.444. The molecule has 3 nitrogen and oxygen atoms in total. The minimum absolute atomic E-state index is 0.324. The van der Waals surface area contributed by atoms with Crippen LogP contribution in [0, 0.1) is 0 Å². The molecule has 0 aliphatic rings. The molecule has 0 aliphatic carbocycles. The lowest BCUT2D eigenvalue weighted by Gasteiger charge is -2.15. The molecule has 72 valence electrons. The van der Waals surface area contributed by atoms with Crippen molar-refractivity contribution in [3.63, 3.8) is 0 Å². The number of aromatic nitrogens is 1. The molecule has 2 atom stereocenters. The van der Waals surface area contributed by atoms with Gasteiger partial charge in [0.15, 0.2) is 0 Å². The standard InChI is InChI=1S/C9H12ClNO2/c10-5-4-8(12)9(13)7-3-1-2-6-11-7/h1-3,6,8-9,12-13H,4-5H2. The second-order valence-electron chi connectivity index (χ2n) is 2.74. The zero-order chi connectivity index (χ0) is 9.68. The Hall–Kier alpha value is -0.640. The third-order valence-corrected chi connectivity index (χ3v) is 1.98. The maximum absolute atomic E-state index is 9.55. The summed E-state index contributed by atoms with van der Waals surface area (Å²) in [7, 11) is 0. The minimum Gasteiger partial charge on any atom is -0.390 e. The summed E-state index contributed by atoms with van der Waals surface area (Å²) in [5.41, 5.74) is 0.472. The lowest BCUT2D eigenvalue weighted by Crippen LogP contribution is -2.19. The molecule has 0 spiro atoms. The van der Waals surface area contributed by atoms with Crippen LogP contribution in [0.25, 0.3) is 0 Å². The Balaban J connectivity index is 2.62. The number of hydrogen-bond acceptors (Lipinski definition) is 3. The first-order valence-corrected chi connectivity index (χ1v) is 4.62. The first-order valence-electron chi connectivity index (χ1n) is 4.08. The lowest BCUT2D eigenvalue weighted by molar-refractivity contribution is 0.0144.